The van der Waals surface area contributed by atoms with Crippen LogP contribution in [-0.2, 0) is 33.3 Å². The fraction of sp³-hybridized carbons (Fsp3) is 0.667. The zero-order valence-corrected chi connectivity index (χ0v) is 38.1. The largest absolute Gasteiger partial charge is 0.479 e. The van der Waals surface area contributed by atoms with Gasteiger partial charge in [-0.3, -0.25) is 9.59 Å². The quantitative estimate of drug-likeness (QED) is 0.0265. The zero-order valence-electron chi connectivity index (χ0n) is 38.1. The molecule has 6 atom stereocenters. The smallest absolute Gasteiger partial charge is 0.335 e. The van der Waals surface area contributed by atoms with E-state index in [9.17, 15) is 34.8 Å². The summed E-state index contributed by atoms with van der Waals surface area (Å²) in [4.78, 5) is 36.9. The number of esters is 2. The van der Waals surface area contributed by atoms with Gasteiger partial charge in [-0.25, -0.2) is 4.79 Å². The minimum atomic E-state index is -1.87. The van der Waals surface area contributed by atoms with Gasteiger partial charge in [0.1, 0.15) is 24.9 Å². The standard InChI is InChI=1S/C51H82O11/c1-3-5-7-9-11-13-15-17-19-21-22-24-26-28-30-32-34-36-38-40-45(53)61-43(42-60-51-48(56)46(54)47(55)49(62-51)50(57)58)41-59-44(52)39-37-35-33-31-29-27-25-23-20-18-16-14-12-10-8-6-4-2/h6,8,11-14,17-20,22,24-25,27,43,46-49,51,54-56H,3-5,7,9-10,15-16,21,23,26,28-42H2,1-2H3,(H,57,58)/b8-6-,13-11-,14-12-,19-17-,20-18-,24-22-,27-25-. The van der Waals surface area contributed by atoms with Crippen LogP contribution in [0.3, 0.4) is 0 Å². The van der Waals surface area contributed by atoms with Gasteiger partial charge in [-0.2, -0.15) is 0 Å². The van der Waals surface area contributed by atoms with E-state index in [0.29, 0.717) is 12.8 Å². The van der Waals surface area contributed by atoms with Crippen molar-refractivity contribution in [3.63, 3.8) is 0 Å². The molecule has 0 radical (unpaired) electrons. The van der Waals surface area contributed by atoms with E-state index >= 15 is 0 Å². The van der Waals surface area contributed by atoms with Crippen LogP contribution in [0.1, 0.15) is 168 Å². The van der Waals surface area contributed by atoms with Gasteiger partial charge >= 0.3 is 17.9 Å². The molecule has 62 heavy (non-hydrogen) atoms. The van der Waals surface area contributed by atoms with E-state index in [-0.39, 0.29) is 19.4 Å². The molecule has 0 aromatic heterocycles. The third-order valence-electron chi connectivity index (χ3n) is 10.2. The van der Waals surface area contributed by atoms with Crippen LogP contribution in [0.2, 0.25) is 0 Å². The van der Waals surface area contributed by atoms with Crippen LogP contribution in [-0.4, -0.2) is 88.4 Å². The highest BCUT2D eigenvalue weighted by atomic mass is 16.7. The van der Waals surface area contributed by atoms with Crippen molar-refractivity contribution in [3.8, 4) is 0 Å². The number of aliphatic carboxylic acids is 1. The van der Waals surface area contributed by atoms with Crippen LogP contribution >= 0.6 is 0 Å². The highest BCUT2D eigenvalue weighted by Crippen LogP contribution is 2.23. The Morgan fingerprint density at radius 3 is 1.44 bits per heavy atom. The Labute approximate surface area is 373 Å². The molecule has 0 aliphatic carbocycles. The third-order valence-corrected chi connectivity index (χ3v) is 10.2. The monoisotopic (exact) mass is 871 g/mol. The Bertz CT molecular complexity index is 1350. The SMILES string of the molecule is CC/C=C\C/C=C\C/C=C\C/C=C\CCCCCCC(=O)OCC(COC1OC(C(=O)O)C(O)C(O)C1O)OC(=O)CCCCCCCC/C=C\C/C=C\C/C=C\CCCCC. The van der Waals surface area contributed by atoms with Gasteiger partial charge in [-0.05, 0) is 89.9 Å². The van der Waals surface area contributed by atoms with Gasteiger partial charge in [0.2, 0.25) is 0 Å². The van der Waals surface area contributed by atoms with Crippen LogP contribution in [0.4, 0.5) is 0 Å². The van der Waals surface area contributed by atoms with Crippen molar-refractivity contribution in [1.82, 2.24) is 0 Å². The number of allylic oxidation sites excluding steroid dienone is 14. The predicted molar refractivity (Wildman–Crippen MR) is 247 cm³/mol. The van der Waals surface area contributed by atoms with Gasteiger partial charge in [0, 0.05) is 12.8 Å². The Hall–Kier alpha value is -3.61. The van der Waals surface area contributed by atoms with E-state index in [1.165, 1.54) is 25.7 Å². The highest BCUT2D eigenvalue weighted by Gasteiger charge is 2.47. The molecule has 4 N–H and O–H groups in total. The number of carbonyl (C=O) groups is 3. The van der Waals surface area contributed by atoms with E-state index < -0.39 is 61.3 Å². The lowest BCUT2D eigenvalue weighted by Gasteiger charge is -2.38. The lowest BCUT2D eigenvalue weighted by molar-refractivity contribution is -0.298. The average Bonchev–Trinajstić information content (AvgIpc) is 3.26. The summed E-state index contributed by atoms with van der Waals surface area (Å²) in [6, 6.07) is 0. The van der Waals surface area contributed by atoms with E-state index in [1.54, 1.807) is 0 Å². The number of carboxylic acid groups (broad SMARTS) is 1. The predicted octanol–water partition coefficient (Wildman–Crippen LogP) is 10.6. The molecule has 352 valence electrons. The molecule has 1 saturated heterocycles. The first-order chi connectivity index (χ1) is 30.2. The highest BCUT2D eigenvalue weighted by molar-refractivity contribution is 5.73. The first-order valence-corrected chi connectivity index (χ1v) is 23.6. The van der Waals surface area contributed by atoms with E-state index in [2.05, 4.69) is 98.9 Å². The van der Waals surface area contributed by atoms with Crippen molar-refractivity contribution >= 4 is 17.9 Å². The van der Waals surface area contributed by atoms with E-state index in [4.69, 9.17) is 18.9 Å². The van der Waals surface area contributed by atoms with Crippen LogP contribution in [0.5, 0.6) is 0 Å². The van der Waals surface area contributed by atoms with Crippen LogP contribution in [0, 0.1) is 0 Å². The number of hydrogen-bond donors (Lipinski definition) is 4. The normalized spacial score (nSPS) is 20.3. The van der Waals surface area contributed by atoms with Gasteiger partial charge in [-0.15, -0.1) is 0 Å². The number of carboxylic acids is 1. The summed E-state index contributed by atoms with van der Waals surface area (Å²) < 4.78 is 21.7. The van der Waals surface area contributed by atoms with Gasteiger partial charge in [0.25, 0.3) is 0 Å². The minimum absolute atomic E-state index is 0.158. The van der Waals surface area contributed by atoms with Gasteiger partial charge in [0.05, 0.1) is 6.61 Å². The molecule has 0 aromatic rings. The number of unbranched alkanes of at least 4 members (excludes halogenated alkanes) is 13. The summed E-state index contributed by atoms with van der Waals surface area (Å²) in [5.74, 6) is -2.50. The second-order valence-electron chi connectivity index (χ2n) is 15.9. The van der Waals surface area contributed by atoms with Crippen LogP contribution in [0.15, 0.2) is 85.1 Å². The molecule has 0 spiro atoms. The van der Waals surface area contributed by atoms with Crippen molar-refractivity contribution in [2.75, 3.05) is 13.2 Å². The molecule has 0 saturated carbocycles. The zero-order chi connectivity index (χ0) is 45.3. The summed E-state index contributed by atoms with van der Waals surface area (Å²) >= 11 is 0. The maximum Gasteiger partial charge on any atom is 0.335 e. The average molecular weight is 871 g/mol. The molecule has 0 bridgehead atoms. The van der Waals surface area contributed by atoms with Crippen LogP contribution < -0.4 is 0 Å². The lowest BCUT2D eigenvalue weighted by Crippen LogP contribution is -2.60. The maximum atomic E-state index is 12.8. The first kappa shape index (κ1) is 56.4. The Morgan fingerprint density at radius 2 is 0.952 bits per heavy atom. The summed E-state index contributed by atoms with van der Waals surface area (Å²) in [6.45, 7) is 3.63. The summed E-state index contributed by atoms with van der Waals surface area (Å²) in [7, 11) is 0. The molecule has 1 rings (SSSR count). The Morgan fingerprint density at radius 1 is 0.516 bits per heavy atom. The van der Waals surface area contributed by atoms with E-state index in [0.717, 1.165) is 103 Å². The van der Waals surface area contributed by atoms with Crippen LogP contribution in [0.25, 0.3) is 0 Å². The maximum absolute atomic E-state index is 12.8. The summed E-state index contributed by atoms with van der Waals surface area (Å²) in [5.41, 5.74) is 0. The van der Waals surface area contributed by atoms with Crippen molar-refractivity contribution in [2.24, 2.45) is 0 Å². The molecular weight excluding hydrogens is 789 g/mol. The number of rotatable bonds is 38. The molecule has 6 unspecified atom stereocenters. The van der Waals surface area contributed by atoms with Crippen molar-refractivity contribution in [2.45, 2.75) is 205 Å². The number of aliphatic hydroxyl groups excluding tert-OH is 3. The van der Waals surface area contributed by atoms with Crippen molar-refractivity contribution in [1.29, 1.82) is 0 Å². The molecule has 11 heteroatoms. The Kier molecular flexibility index (Phi) is 36.6. The van der Waals surface area contributed by atoms with Crippen molar-refractivity contribution < 1.29 is 53.8 Å². The third kappa shape index (κ3) is 31.3. The molecule has 1 heterocycles. The molecule has 0 aromatic carbocycles. The number of hydrogen-bond acceptors (Lipinski definition) is 10. The van der Waals surface area contributed by atoms with Gasteiger partial charge < -0.3 is 39.4 Å². The summed E-state index contributed by atoms with van der Waals surface area (Å²) in [5, 5.41) is 39.9. The fourth-order valence-electron chi connectivity index (χ4n) is 6.52. The molecule has 1 fully saturated rings. The topological polar surface area (TPSA) is 169 Å². The summed E-state index contributed by atoms with van der Waals surface area (Å²) in [6.07, 6.45) is 43.4. The van der Waals surface area contributed by atoms with E-state index in [1.807, 2.05) is 0 Å². The van der Waals surface area contributed by atoms with Gasteiger partial charge in [0.15, 0.2) is 18.5 Å². The first-order valence-electron chi connectivity index (χ1n) is 23.6. The lowest BCUT2D eigenvalue weighted by atomic mass is 9.99. The van der Waals surface area contributed by atoms with Crippen molar-refractivity contribution in [3.05, 3.63) is 85.1 Å². The minimum Gasteiger partial charge on any atom is -0.479 e. The van der Waals surface area contributed by atoms with Gasteiger partial charge in [-0.1, -0.05) is 150 Å². The molecule has 0 amide bonds. The molecule has 11 nitrogen and oxygen atoms in total. The molecule has 1 aliphatic heterocycles. The molecular formula is C51H82O11. The number of carbonyl (C=O) groups excluding carboxylic acids is 2. The number of ether oxygens (including phenoxy) is 4. The second kappa shape index (κ2) is 40.2. The second-order valence-corrected chi connectivity index (χ2v) is 15.9. The fourth-order valence-corrected chi connectivity index (χ4v) is 6.52. The Balaban J connectivity index is 2.39. The molecule has 1 aliphatic rings. The number of aliphatic hydroxyl groups is 3.